The molecular formula is C21H24N2. The molecular weight excluding hydrogens is 280 g/mol. The minimum Gasteiger partial charge on any atom is -0.336 e. The van der Waals surface area contributed by atoms with Gasteiger partial charge < -0.3 is 4.90 Å². The maximum Gasteiger partial charge on any atom is 0.0630 e. The summed E-state index contributed by atoms with van der Waals surface area (Å²) in [7, 11) is 0. The highest BCUT2D eigenvalue weighted by Gasteiger charge is 2.14. The minimum absolute atomic E-state index is 0.763. The van der Waals surface area contributed by atoms with Gasteiger partial charge in [-0.1, -0.05) is 55.1 Å². The third kappa shape index (κ3) is 3.98. The number of aryl methyl sites for hydroxylation is 2. The fourth-order valence-electron chi connectivity index (χ4n) is 2.44. The van der Waals surface area contributed by atoms with Gasteiger partial charge in [-0.15, -0.1) is 0 Å². The van der Waals surface area contributed by atoms with Gasteiger partial charge in [0.25, 0.3) is 0 Å². The summed E-state index contributed by atoms with van der Waals surface area (Å²) in [5.74, 6) is 0. The average molecular weight is 304 g/mol. The van der Waals surface area contributed by atoms with E-state index in [0.29, 0.717) is 0 Å². The highest BCUT2D eigenvalue weighted by Crippen LogP contribution is 2.27. The van der Waals surface area contributed by atoms with Crippen LogP contribution in [0.5, 0.6) is 0 Å². The highest BCUT2D eigenvalue weighted by molar-refractivity contribution is 5.79. The van der Waals surface area contributed by atoms with E-state index in [4.69, 9.17) is 0 Å². The quantitative estimate of drug-likeness (QED) is 0.665. The van der Waals surface area contributed by atoms with Gasteiger partial charge in [0.1, 0.15) is 0 Å². The molecule has 1 aromatic heterocycles. The molecule has 0 saturated carbocycles. The summed E-state index contributed by atoms with van der Waals surface area (Å²) < 4.78 is 0. The minimum atomic E-state index is 0.763. The Hall–Kier alpha value is -2.61. The zero-order chi connectivity index (χ0) is 16.8. The normalized spacial score (nSPS) is 10.7. The summed E-state index contributed by atoms with van der Waals surface area (Å²) in [6.45, 7) is 15.0. The Kier molecular flexibility index (Phi) is 5.53. The molecule has 118 valence electrons. The molecule has 2 aromatic rings. The van der Waals surface area contributed by atoms with Crippen LogP contribution in [0.15, 0.2) is 61.7 Å². The molecule has 0 radical (unpaired) electrons. The molecule has 0 aliphatic rings. The van der Waals surface area contributed by atoms with Gasteiger partial charge in [0.2, 0.25) is 0 Å². The number of rotatable bonds is 6. The summed E-state index contributed by atoms with van der Waals surface area (Å²) >= 11 is 0. The van der Waals surface area contributed by atoms with Gasteiger partial charge in [-0.05, 0) is 44.5 Å². The van der Waals surface area contributed by atoms with Crippen molar-refractivity contribution in [1.82, 2.24) is 4.98 Å². The highest BCUT2D eigenvalue weighted by atomic mass is 15.1. The van der Waals surface area contributed by atoms with Crippen molar-refractivity contribution < 1.29 is 0 Å². The van der Waals surface area contributed by atoms with Crippen molar-refractivity contribution in [2.45, 2.75) is 20.8 Å². The van der Waals surface area contributed by atoms with Crippen molar-refractivity contribution in [1.29, 1.82) is 0 Å². The molecule has 0 fully saturated rings. The maximum absolute atomic E-state index is 4.59. The van der Waals surface area contributed by atoms with E-state index < -0.39 is 0 Å². The fourth-order valence-corrected chi connectivity index (χ4v) is 2.44. The summed E-state index contributed by atoms with van der Waals surface area (Å²) in [5, 5.41) is 0. The molecule has 0 atom stereocenters. The van der Waals surface area contributed by atoms with Gasteiger partial charge in [0.15, 0.2) is 0 Å². The number of hydrogen-bond acceptors (Lipinski definition) is 2. The summed E-state index contributed by atoms with van der Waals surface area (Å²) in [6, 6.07) is 12.5. The molecule has 0 N–H and O–H groups in total. The van der Waals surface area contributed by atoms with Crippen molar-refractivity contribution in [3.05, 3.63) is 84.2 Å². The Morgan fingerprint density at radius 1 is 1.13 bits per heavy atom. The van der Waals surface area contributed by atoms with E-state index in [2.05, 4.69) is 72.4 Å². The second-order valence-electron chi connectivity index (χ2n) is 5.54. The van der Waals surface area contributed by atoms with E-state index in [9.17, 15) is 0 Å². The standard InChI is InChI=1S/C21H24N2/c1-6-8-15-23(18(5)19-11-9-16(3)10-12-19)21-14-13-20(7-2)22-17(21)4/h6-14H,2,5,15H2,1,3-4H3/b8-6-. The van der Waals surface area contributed by atoms with Crippen LogP contribution in [-0.4, -0.2) is 11.5 Å². The number of aromatic nitrogens is 1. The first-order valence-electron chi connectivity index (χ1n) is 7.81. The van der Waals surface area contributed by atoms with Crippen LogP contribution in [-0.2, 0) is 0 Å². The molecule has 2 heteroatoms. The van der Waals surface area contributed by atoms with E-state index in [1.165, 1.54) is 5.56 Å². The second-order valence-corrected chi connectivity index (χ2v) is 5.54. The monoisotopic (exact) mass is 304 g/mol. The van der Waals surface area contributed by atoms with E-state index >= 15 is 0 Å². The third-order valence-electron chi connectivity index (χ3n) is 3.81. The third-order valence-corrected chi connectivity index (χ3v) is 3.81. The van der Waals surface area contributed by atoms with Crippen LogP contribution in [0.25, 0.3) is 11.8 Å². The molecule has 0 amide bonds. The zero-order valence-corrected chi connectivity index (χ0v) is 14.2. The van der Waals surface area contributed by atoms with E-state index in [1.807, 2.05) is 19.9 Å². The molecule has 0 saturated heterocycles. The molecule has 0 spiro atoms. The topological polar surface area (TPSA) is 16.1 Å². The predicted molar refractivity (Wildman–Crippen MR) is 101 cm³/mol. The largest absolute Gasteiger partial charge is 0.336 e. The van der Waals surface area contributed by atoms with E-state index in [-0.39, 0.29) is 0 Å². The molecule has 0 unspecified atom stereocenters. The smallest absolute Gasteiger partial charge is 0.0630 e. The predicted octanol–water partition coefficient (Wildman–Crippen LogP) is 5.39. The van der Waals surface area contributed by atoms with Gasteiger partial charge in [-0.2, -0.15) is 0 Å². The van der Waals surface area contributed by atoms with Crippen LogP contribution in [0, 0.1) is 13.8 Å². The number of pyridine rings is 1. The molecule has 2 rings (SSSR count). The van der Waals surface area contributed by atoms with Crippen molar-refractivity contribution in [2.75, 3.05) is 11.4 Å². The Bertz CT molecular complexity index is 724. The molecule has 23 heavy (non-hydrogen) atoms. The first kappa shape index (κ1) is 16.8. The van der Waals surface area contributed by atoms with Gasteiger partial charge in [-0.25, -0.2) is 0 Å². The number of allylic oxidation sites excluding steroid dienone is 1. The van der Waals surface area contributed by atoms with Crippen molar-refractivity contribution in [3.63, 3.8) is 0 Å². The van der Waals surface area contributed by atoms with Crippen LogP contribution in [0.3, 0.4) is 0 Å². The Labute approximate surface area is 139 Å². The van der Waals surface area contributed by atoms with Crippen LogP contribution >= 0.6 is 0 Å². The van der Waals surface area contributed by atoms with Crippen molar-refractivity contribution in [3.8, 4) is 0 Å². The molecule has 0 aliphatic carbocycles. The van der Waals surface area contributed by atoms with Crippen molar-refractivity contribution >= 4 is 17.5 Å². The van der Waals surface area contributed by atoms with Gasteiger partial charge in [-0.3, -0.25) is 4.98 Å². The lowest BCUT2D eigenvalue weighted by atomic mass is 10.1. The lowest BCUT2D eigenvalue weighted by Gasteiger charge is -2.27. The van der Waals surface area contributed by atoms with E-state index in [0.717, 1.165) is 34.9 Å². The first-order chi connectivity index (χ1) is 11.1. The van der Waals surface area contributed by atoms with Gasteiger partial charge in [0.05, 0.1) is 17.1 Å². The molecule has 0 aliphatic heterocycles. The first-order valence-corrected chi connectivity index (χ1v) is 7.81. The van der Waals surface area contributed by atoms with Crippen LogP contribution < -0.4 is 4.90 Å². The SMILES string of the molecule is C=Cc1ccc(N(C/C=C\C)C(=C)c2ccc(C)cc2)c(C)n1. The number of benzene rings is 1. The summed E-state index contributed by atoms with van der Waals surface area (Å²) in [6.07, 6.45) is 5.94. The maximum atomic E-state index is 4.59. The van der Waals surface area contributed by atoms with Crippen LogP contribution in [0.2, 0.25) is 0 Å². The fraction of sp³-hybridized carbons (Fsp3) is 0.190. The average Bonchev–Trinajstić information content (AvgIpc) is 2.56. The van der Waals surface area contributed by atoms with Crippen LogP contribution in [0.4, 0.5) is 5.69 Å². The number of nitrogens with zero attached hydrogens (tertiary/aromatic N) is 2. The molecule has 2 nitrogen and oxygen atoms in total. The lowest BCUT2D eigenvalue weighted by molar-refractivity contribution is 1.06. The Balaban J connectivity index is 2.42. The molecule has 1 heterocycles. The zero-order valence-electron chi connectivity index (χ0n) is 14.2. The second kappa shape index (κ2) is 7.59. The van der Waals surface area contributed by atoms with Gasteiger partial charge in [0, 0.05) is 12.2 Å². The van der Waals surface area contributed by atoms with Gasteiger partial charge >= 0.3 is 0 Å². The van der Waals surface area contributed by atoms with E-state index in [1.54, 1.807) is 6.08 Å². The number of anilines is 1. The molecule has 0 bridgehead atoms. The Morgan fingerprint density at radius 2 is 1.83 bits per heavy atom. The lowest BCUT2D eigenvalue weighted by Crippen LogP contribution is -2.22. The Morgan fingerprint density at radius 3 is 2.39 bits per heavy atom. The number of hydrogen-bond donors (Lipinski definition) is 0. The summed E-state index contributed by atoms with van der Waals surface area (Å²) in [4.78, 5) is 6.78. The van der Waals surface area contributed by atoms with Crippen LogP contribution in [0.1, 0.15) is 29.4 Å². The molecule has 1 aromatic carbocycles. The summed E-state index contributed by atoms with van der Waals surface area (Å²) in [5.41, 5.74) is 6.26. The van der Waals surface area contributed by atoms with Crippen molar-refractivity contribution in [2.24, 2.45) is 0 Å².